The van der Waals surface area contributed by atoms with Gasteiger partial charge in [-0.05, 0) is 0 Å². The average molecular weight is 262 g/mol. The molecule has 2 amide bonds. The highest BCUT2D eigenvalue weighted by molar-refractivity contribution is 8.00. The molecule has 0 spiro atoms. The number of amides is 2. The van der Waals surface area contributed by atoms with Gasteiger partial charge in [0, 0.05) is 16.3 Å². The summed E-state index contributed by atoms with van der Waals surface area (Å²) in [5.41, 5.74) is 0. The van der Waals surface area contributed by atoms with Crippen LogP contribution in [0.5, 0.6) is 0 Å². The van der Waals surface area contributed by atoms with E-state index in [2.05, 4.69) is 44.0 Å². The van der Waals surface area contributed by atoms with Crippen molar-refractivity contribution in [1.82, 2.24) is 10.6 Å². The second-order valence-corrected chi connectivity index (χ2v) is 6.94. The first kappa shape index (κ1) is 13.7. The quantitative estimate of drug-likeness (QED) is 0.647. The molecule has 92 valence electrons. The Bertz CT molecular complexity index is 289. The fourth-order valence-corrected chi connectivity index (χ4v) is 2.41. The molecule has 1 heterocycles. The topological polar surface area (TPSA) is 58.2 Å². The highest BCUT2D eigenvalue weighted by atomic mass is 32.2. The first-order chi connectivity index (χ1) is 7.33. The van der Waals surface area contributed by atoms with Gasteiger partial charge < -0.3 is 10.6 Å². The largest absolute Gasteiger partial charge is 0.342 e. The molecule has 0 radical (unpaired) electrons. The molecule has 1 saturated heterocycles. The van der Waals surface area contributed by atoms with Gasteiger partial charge in [0.25, 0.3) is 0 Å². The van der Waals surface area contributed by atoms with E-state index in [-0.39, 0.29) is 16.6 Å². The van der Waals surface area contributed by atoms with Crippen LogP contribution in [0, 0.1) is 0 Å². The molecule has 0 aromatic carbocycles. The molecule has 1 aliphatic rings. The molecule has 2 atom stereocenters. The summed E-state index contributed by atoms with van der Waals surface area (Å²) in [6, 6.07) is -0.917. The highest BCUT2D eigenvalue weighted by Crippen LogP contribution is 2.24. The molecule has 4 nitrogen and oxygen atoms in total. The fourth-order valence-electron chi connectivity index (χ4n) is 1.25. The summed E-state index contributed by atoms with van der Waals surface area (Å²) in [6.45, 7) is 6.24. The number of carbonyl (C=O) groups excluding carboxylic acids is 2. The van der Waals surface area contributed by atoms with Crippen molar-refractivity contribution in [2.24, 2.45) is 0 Å². The molecule has 0 aromatic rings. The van der Waals surface area contributed by atoms with Crippen molar-refractivity contribution >= 4 is 36.2 Å². The number of thiol groups is 1. The molecule has 6 heteroatoms. The van der Waals surface area contributed by atoms with Crippen molar-refractivity contribution in [3.8, 4) is 0 Å². The third-order valence-corrected chi connectivity index (χ3v) is 3.86. The predicted octanol–water partition coefficient (Wildman–Crippen LogP) is 0.431. The van der Waals surface area contributed by atoms with E-state index in [0.717, 1.165) is 0 Å². The smallest absolute Gasteiger partial charge is 0.244 e. The van der Waals surface area contributed by atoms with E-state index in [1.54, 1.807) is 11.8 Å². The van der Waals surface area contributed by atoms with Gasteiger partial charge in [-0.1, -0.05) is 20.8 Å². The first-order valence-electron chi connectivity index (χ1n) is 5.19. The number of nitrogens with one attached hydrogen (secondary N) is 2. The van der Waals surface area contributed by atoms with Crippen LogP contribution in [0.4, 0.5) is 0 Å². The van der Waals surface area contributed by atoms with Crippen LogP contribution in [-0.4, -0.2) is 40.2 Å². The number of hydrogen-bond acceptors (Lipinski definition) is 4. The van der Waals surface area contributed by atoms with Crippen molar-refractivity contribution in [2.45, 2.75) is 37.6 Å². The molecule has 1 aliphatic heterocycles. The van der Waals surface area contributed by atoms with Gasteiger partial charge in [0.2, 0.25) is 11.8 Å². The van der Waals surface area contributed by atoms with Crippen LogP contribution < -0.4 is 10.6 Å². The zero-order chi connectivity index (χ0) is 12.3. The van der Waals surface area contributed by atoms with E-state index in [0.29, 0.717) is 11.5 Å². The van der Waals surface area contributed by atoms with Gasteiger partial charge in [-0.15, -0.1) is 0 Å². The monoisotopic (exact) mass is 262 g/mol. The Balaban J connectivity index is 2.51. The Kier molecular flexibility index (Phi) is 4.55. The minimum Gasteiger partial charge on any atom is -0.342 e. The third-order valence-electron chi connectivity index (χ3n) is 2.13. The summed E-state index contributed by atoms with van der Waals surface area (Å²) in [7, 11) is 0. The maximum atomic E-state index is 11.7. The molecule has 0 bridgehead atoms. The van der Waals surface area contributed by atoms with Gasteiger partial charge in [0.15, 0.2) is 0 Å². The van der Waals surface area contributed by atoms with Crippen LogP contribution in [-0.2, 0) is 9.59 Å². The first-order valence-corrected chi connectivity index (χ1v) is 6.81. The third kappa shape index (κ3) is 3.90. The van der Waals surface area contributed by atoms with Crippen molar-refractivity contribution in [3.63, 3.8) is 0 Å². The van der Waals surface area contributed by atoms with E-state index in [1.165, 1.54) is 0 Å². The van der Waals surface area contributed by atoms with E-state index < -0.39 is 12.1 Å². The predicted molar refractivity (Wildman–Crippen MR) is 69.9 cm³/mol. The summed E-state index contributed by atoms with van der Waals surface area (Å²) in [6.07, 6.45) is 0. The molecule has 2 N–H and O–H groups in total. The molecule has 1 rings (SSSR count). The molecule has 0 aromatic heterocycles. The second kappa shape index (κ2) is 5.31. The Morgan fingerprint density at radius 3 is 2.19 bits per heavy atom. The lowest BCUT2D eigenvalue weighted by Crippen LogP contribution is -2.63. The molecule has 16 heavy (non-hydrogen) atoms. The van der Waals surface area contributed by atoms with Gasteiger partial charge in [-0.3, -0.25) is 9.59 Å². The number of rotatable bonds is 3. The van der Waals surface area contributed by atoms with Crippen LogP contribution in [0.2, 0.25) is 0 Å². The van der Waals surface area contributed by atoms with Crippen LogP contribution in [0.3, 0.4) is 0 Å². The van der Waals surface area contributed by atoms with Gasteiger partial charge in [0.05, 0.1) is 0 Å². The molecule has 0 aliphatic carbocycles. The Morgan fingerprint density at radius 1 is 1.19 bits per heavy atom. The molecular weight excluding hydrogens is 244 g/mol. The minimum absolute atomic E-state index is 0.0887. The van der Waals surface area contributed by atoms with Crippen LogP contribution in [0.15, 0.2) is 0 Å². The molecule has 0 unspecified atom stereocenters. The number of carbonyl (C=O) groups is 2. The summed E-state index contributed by atoms with van der Waals surface area (Å²) in [5.74, 6) is 0.668. The number of piperazine rings is 1. The van der Waals surface area contributed by atoms with E-state index in [9.17, 15) is 9.59 Å². The average Bonchev–Trinajstić information content (AvgIpc) is 2.17. The maximum Gasteiger partial charge on any atom is 0.244 e. The van der Waals surface area contributed by atoms with Crippen LogP contribution >= 0.6 is 24.4 Å². The van der Waals surface area contributed by atoms with Gasteiger partial charge in [-0.25, -0.2) is 0 Å². The zero-order valence-corrected chi connectivity index (χ0v) is 11.5. The van der Waals surface area contributed by atoms with Crippen molar-refractivity contribution in [1.29, 1.82) is 0 Å². The van der Waals surface area contributed by atoms with Crippen molar-refractivity contribution in [3.05, 3.63) is 0 Å². The van der Waals surface area contributed by atoms with Crippen molar-refractivity contribution in [2.75, 3.05) is 11.5 Å². The summed E-state index contributed by atoms with van der Waals surface area (Å²) < 4.78 is 0.0887. The number of hydrogen-bond donors (Lipinski definition) is 3. The second-order valence-electron chi connectivity index (χ2n) is 4.73. The molecular formula is C10H18N2O2S2. The Labute approximate surface area is 106 Å². The van der Waals surface area contributed by atoms with Gasteiger partial charge in [0.1, 0.15) is 12.1 Å². The normalized spacial score (nSPS) is 26.2. The maximum absolute atomic E-state index is 11.7. The Hall–Kier alpha value is -0.360. The highest BCUT2D eigenvalue weighted by Gasteiger charge is 2.33. The van der Waals surface area contributed by atoms with E-state index >= 15 is 0 Å². The summed E-state index contributed by atoms with van der Waals surface area (Å²) >= 11 is 5.67. The molecule has 1 fully saturated rings. The fraction of sp³-hybridized carbons (Fsp3) is 0.800. The van der Waals surface area contributed by atoms with E-state index in [4.69, 9.17) is 0 Å². The lowest BCUT2D eigenvalue weighted by atomic mass is 10.2. The SMILES string of the molecule is CC(C)(C)SC[C@H]1NC(=O)[C@H](CS)NC1=O. The zero-order valence-electron chi connectivity index (χ0n) is 9.74. The number of thioether (sulfide) groups is 1. The summed E-state index contributed by atoms with van der Waals surface area (Å²) in [4.78, 5) is 23.2. The molecule has 0 saturated carbocycles. The standard InChI is InChI=1S/C10H18N2O2S2/c1-10(2,3)16-5-7-9(14)11-6(4-15)8(13)12-7/h6-7,15H,4-5H2,1-3H3,(H,11,14)(H,12,13)/t6-,7+/m0/s1. The van der Waals surface area contributed by atoms with Gasteiger partial charge in [-0.2, -0.15) is 24.4 Å². The van der Waals surface area contributed by atoms with Crippen LogP contribution in [0.25, 0.3) is 0 Å². The summed E-state index contributed by atoms with van der Waals surface area (Å²) in [5, 5.41) is 5.38. The van der Waals surface area contributed by atoms with Crippen LogP contribution in [0.1, 0.15) is 20.8 Å². The Morgan fingerprint density at radius 2 is 1.69 bits per heavy atom. The minimum atomic E-state index is -0.494. The lowest BCUT2D eigenvalue weighted by molar-refractivity contribution is -0.135. The van der Waals surface area contributed by atoms with E-state index in [1.807, 2.05) is 0 Å². The van der Waals surface area contributed by atoms with Gasteiger partial charge >= 0.3 is 0 Å². The van der Waals surface area contributed by atoms with Crippen molar-refractivity contribution < 1.29 is 9.59 Å². The lowest BCUT2D eigenvalue weighted by Gasteiger charge is -2.30.